The monoisotopic (exact) mass is 286 g/mol. The molecule has 0 aliphatic heterocycles. The number of rotatable bonds is 6. The summed E-state index contributed by atoms with van der Waals surface area (Å²) in [6, 6.07) is 3.43. The Kier molecular flexibility index (Phi) is 3.63. The minimum Gasteiger partial charge on any atom is -0.507 e. The Balaban J connectivity index is 1.89. The van der Waals surface area contributed by atoms with E-state index < -0.39 is 7.12 Å². The summed E-state index contributed by atoms with van der Waals surface area (Å²) in [6.45, 7) is 4.16. The van der Waals surface area contributed by atoms with Gasteiger partial charge in [0.2, 0.25) is 0 Å². The largest absolute Gasteiger partial charge is 0.654 e. The second-order valence-electron chi connectivity index (χ2n) is 4.80. The zero-order valence-electron chi connectivity index (χ0n) is 11.7. The zero-order valence-corrected chi connectivity index (χ0v) is 11.7. The highest BCUT2D eigenvalue weighted by molar-refractivity contribution is 6.62. The van der Waals surface area contributed by atoms with Crippen LogP contribution in [-0.4, -0.2) is 37.7 Å². The lowest BCUT2D eigenvalue weighted by molar-refractivity contribution is 0.417. The third-order valence-corrected chi connectivity index (χ3v) is 2.98. The average molecular weight is 286 g/mol. The van der Waals surface area contributed by atoms with Gasteiger partial charge in [0, 0.05) is 12.1 Å². The Morgan fingerprint density at radius 1 is 0.952 bits per heavy atom. The summed E-state index contributed by atoms with van der Waals surface area (Å²) < 4.78 is 11.6. The van der Waals surface area contributed by atoms with E-state index in [0.717, 1.165) is 11.2 Å². The van der Waals surface area contributed by atoms with Crippen LogP contribution in [0.2, 0.25) is 0 Å². The van der Waals surface area contributed by atoms with Crippen LogP contribution in [0.15, 0.2) is 30.7 Å². The molecule has 0 atom stereocenters. The second kappa shape index (κ2) is 5.74. The van der Waals surface area contributed by atoms with Crippen molar-refractivity contribution < 1.29 is 9.31 Å². The van der Waals surface area contributed by atoms with E-state index in [9.17, 15) is 0 Å². The molecule has 3 aromatic rings. The Labute approximate surface area is 121 Å². The van der Waals surface area contributed by atoms with E-state index in [4.69, 9.17) is 9.31 Å². The molecule has 8 nitrogen and oxygen atoms in total. The van der Waals surface area contributed by atoms with Crippen LogP contribution in [-0.2, 0) is 0 Å². The fourth-order valence-corrected chi connectivity index (χ4v) is 1.94. The summed E-state index contributed by atoms with van der Waals surface area (Å²) in [6.07, 6.45) is 5.00. The minimum atomic E-state index is -0.689. The molecule has 3 N–H and O–H groups in total. The number of aromatic nitrogens is 6. The van der Waals surface area contributed by atoms with E-state index >= 15 is 0 Å². The first-order valence-corrected chi connectivity index (χ1v) is 6.59. The van der Waals surface area contributed by atoms with E-state index in [1.807, 2.05) is 0 Å². The van der Waals surface area contributed by atoms with Gasteiger partial charge in [-0.2, -0.15) is 15.3 Å². The second-order valence-corrected chi connectivity index (χ2v) is 4.80. The topological polar surface area (TPSA) is 104 Å². The molecule has 0 amide bonds. The van der Waals surface area contributed by atoms with Gasteiger partial charge in [-0.05, 0) is 11.5 Å². The molecule has 21 heavy (non-hydrogen) atoms. The third kappa shape index (κ3) is 2.91. The van der Waals surface area contributed by atoms with Gasteiger partial charge in [0.15, 0.2) is 11.8 Å². The Morgan fingerprint density at radius 2 is 1.57 bits per heavy atom. The Morgan fingerprint density at radius 3 is 2.05 bits per heavy atom. The third-order valence-electron chi connectivity index (χ3n) is 2.98. The molecule has 0 saturated carbocycles. The van der Waals surface area contributed by atoms with Gasteiger partial charge in [-0.25, -0.2) is 10.2 Å². The van der Waals surface area contributed by atoms with Crippen LogP contribution in [0.1, 0.15) is 25.3 Å². The molecule has 0 spiro atoms. The smallest absolute Gasteiger partial charge is 0.507 e. The predicted molar refractivity (Wildman–Crippen MR) is 76.5 cm³/mol. The summed E-state index contributed by atoms with van der Waals surface area (Å²) in [4.78, 5) is 0. The van der Waals surface area contributed by atoms with Crippen molar-refractivity contribution in [3.05, 3.63) is 36.3 Å². The van der Waals surface area contributed by atoms with Crippen molar-refractivity contribution in [3.63, 3.8) is 0 Å². The first-order valence-electron chi connectivity index (χ1n) is 6.59. The highest BCUT2D eigenvalue weighted by Gasteiger charge is 2.33. The molecule has 0 radical (unpaired) electrons. The molecule has 3 heterocycles. The number of hydrogen-bond acceptors (Lipinski definition) is 5. The fraction of sp³-hybridized carbons (Fsp3) is 0.250. The van der Waals surface area contributed by atoms with Crippen molar-refractivity contribution in [3.8, 4) is 11.8 Å². The van der Waals surface area contributed by atoms with E-state index in [2.05, 4.69) is 44.4 Å². The van der Waals surface area contributed by atoms with Gasteiger partial charge in [-0.3, -0.25) is 5.10 Å². The van der Waals surface area contributed by atoms with Crippen LogP contribution in [0.5, 0.6) is 11.8 Å². The molecule has 0 bridgehead atoms. The molecule has 0 aromatic carbocycles. The first kappa shape index (κ1) is 13.3. The van der Waals surface area contributed by atoms with Crippen LogP contribution in [0.25, 0.3) is 0 Å². The SMILES string of the molecule is CC(C)c1cn[nH]c1B(Oc1ccn[nH]1)Oc1ccn[nH]1. The van der Waals surface area contributed by atoms with E-state index in [1.54, 1.807) is 30.7 Å². The maximum absolute atomic E-state index is 5.80. The molecule has 0 unspecified atom stereocenters. The van der Waals surface area contributed by atoms with E-state index in [1.165, 1.54) is 0 Å². The van der Waals surface area contributed by atoms with Crippen LogP contribution < -0.4 is 14.9 Å². The van der Waals surface area contributed by atoms with Crippen LogP contribution >= 0.6 is 0 Å². The number of nitrogens with zero attached hydrogens (tertiary/aromatic N) is 3. The highest BCUT2D eigenvalue weighted by Crippen LogP contribution is 2.14. The number of H-pyrrole nitrogens is 3. The number of nitrogens with one attached hydrogen (secondary N) is 3. The van der Waals surface area contributed by atoms with Gasteiger partial charge in [0.25, 0.3) is 0 Å². The lowest BCUT2D eigenvalue weighted by Crippen LogP contribution is -2.45. The predicted octanol–water partition coefficient (Wildman–Crippen LogP) is 0.833. The Bertz CT molecular complexity index is 628. The van der Waals surface area contributed by atoms with Crippen molar-refractivity contribution in [2.75, 3.05) is 0 Å². The number of aromatic amines is 3. The summed E-state index contributed by atoms with van der Waals surface area (Å²) in [5.74, 6) is 1.30. The minimum absolute atomic E-state index is 0.289. The standard InChI is InChI=1S/C12H15BN6O2/c1-8(2)9-7-16-19-12(9)13(20-10-3-5-14-17-10)21-11-4-6-15-18-11/h3-8H,1-2H3,(H,14,17)(H,15,18)(H,16,19). The van der Waals surface area contributed by atoms with Gasteiger partial charge >= 0.3 is 7.12 Å². The quantitative estimate of drug-likeness (QED) is 0.582. The molecule has 0 aliphatic carbocycles. The van der Waals surface area contributed by atoms with Crippen LogP contribution in [0, 0.1) is 0 Å². The lowest BCUT2D eigenvalue weighted by atomic mass is 9.79. The zero-order chi connectivity index (χ0) is 14.7. The molecule has 3 aromatic heterocycles. The molecular formula is C12H15BN6O2. The molecule has 0 saturated heterocycles. The fourth-order valence-electron chi connectivity index (χ4n) is 1.94. The van der Waals surface area contributed by atoms with Crippen LogP contribution in [0.3, 0.4) is 0 Å². The van der Waals surface area contributed by atoms with Gasteiger partial charge in [0.05, 0.1) is 24.2 Å². The van der Waals surface area contributed by atoms with Gasteiger partial charge in [0.1, 0.15) is 0 Å². The first-order chi connectivity index (χ1) is 10.2. The van der Waals surface area contributed by atoms with Crippen molar-refractivity contribution in [2.45, 2.75) is 19.8 Å². The molecule has 0 aliphatic rings. The summed E-state index contributed by atoms with van der Waals surface area (Å²) in [7, 11) is -0.689. The maximum Gasteiger partial charge on any atom is 0.654 e. The highest BCUT2D eigenvalue weighted by atomic mass is 16.6. The van der Waals surface area contributed by atoms with E-state index in [-0.39, 0.29) is 5.92 Å². The van der Waals surface area contributed by atoms with Crippen molar-refractivity contribution in [1.29, 1.82) is 0 Å². The Hall–Kier alpha value is -2.71. The van der Waals surface area contributed by atoms with Gasteiger partial charge < -0.3 is 9.31 Å². The van der Waals surface area contributed by atoms with Crippen molar-refractivity contribution in [2.24, 2.45) is 0 Å². The summed E-state index contributed by atoms with van der Waals surface area (Å²) >= 11 is 0. The lowest BCUT2D eigenvalue weighted by Gasteiger charge is -2.15. The summed E-state index contributed by atoms with van der Waals surface area (Å²) in [5.41, 5.74) is 1.79. The normalized spacial score (nSPS) is 10.8. The average Bonchev–Trinajstić information content (AvgIpc) is 3.20. The molecule has 0 fully saturated rings. The van der Waals surface area contributed by atoms with Crippen LogP contribution in [0.4, 0.5) is 0 Å². The molecule has 108 valence electrons. The maximum atomic E-state index is 5.80. The van der Waals surface area contributed by atoms with E-state index in [0.29, 0.717) is 11.8 Å². The molecule has 3 rings (SSSR count). The van der Waals surface area contributed by atoms with Gasteiger partial charge in [-0.15, -0.1) is 0 Å². The van der Waals surface area contributed by atoms with Crippen molar-refractivity contribution >= 4 is 12.7 Å². The summed E-state index contributed by atoms with van der Waals surface area (Å²) in [5, 5.41) is 20.2. The molecular weight excluding hydrogens is 271 g/mol. The molecule has 9 heteroatoms. The van der Waals surface area contributed by atoms with Crippen molar-refractivity contribution in [1.82, 2.24) is 30.6 Å². The van der Waals surface area contributed by atoms with Gasteiger partial charge in [-0.1, -0.05) is 13.8 Å². The number of hydrogen-bond donors (Lipinski definition) is 3.